The Hall–Kier alpha value is -1.32. The van der Waals surface area contributed by atoms with Crippen LogP contribution in [0.25, 0.3) is 10.9 Å². The lowest BCUT2D eigenvalue weighted by Crippen LogP contribution is -2.33. The van der Waals surface area contributed by atoms with Gasteiger partial charge in [-0.05, 0) is 37.1 Å². The molecule has 3 nitrogen and oxygen atoms in total. The maximum absolute atomic E-state index is 5.95. The molecule has 0 saturated heterocycles. The van der Waals surface area contributed by atoms with Crippen molar-refractivity contribution in [3.05, 3.63) is 36.0 Å². The van der Waals surface area contributed by atoms with Crippen molar-refractivity contribution in [3.8, 4) is 0 Å². The van der Waals surface area contributed by atoms with Crippen LogP contribution in [0.2, 0.25) is 0 Å². The largest absolute Gasteiger partial charge is 0.361 e. The molecule has 0 amide bonds. The summed E-state index contributed by atoms with van der Waals surface area (Å²) >= 11 is 0. The Balaban J connectivity index is 2.43. The number of hydrogen-bond donors (Lipinski definition) is 3. The molecule has 4 N–H and O–H groups in total. The van der Waals surface area contributed by atoms with Crippen molar-refractivity contribution in [3.63, 3.8) is 0 Å². The van der Waals surface area contributed by atoms with Gasteiger partial charge in [-0.3, -0.25) is 0 Å². The van der Waals surface area contributed by atoms with Crippen molar-refractivity contribution >= 4 is 10.9 Å². The predicted molar refractivity (Wildman–Crippen MR) is 77.5 cm³/mol. The standard InChI is InChI=1S/C15H23N3/c1-10(2)12(8-16)15(17-3)13-9-18-14-7-5-4-6-11(13)14/h4-7,9-10,12,15,17-18H,8,16H2,1-3H3. The Morgan fingerprint density at radius 1 is 1.28 bits per heavy atom. The lowest BCUT2D eigenvalue weighted by molar-refractivity contribution is 0.300. The SMILES string of the molecule is CNC(c1c[nH]c2ccccc12)C(CN)C(C)C. The number of fused-ring (bicyclic) bond motifs is 1. The quantitative estimate of drug-likeness (QED) is 0.758. The minimum absolute atomic E-state index is 0.297. The molecule has 1 aromatic carbocycles. The smallest absolute Gasteiger partial charge is 0.0457 e. The summed E-state index contributed by atoms with van der Waals surface area (Å²) in [4.78, 5) is 3.34. The van der Waals surface area contributed by atoms with Gasteiger partial charge in [-0.15, -0.1) is 0 Å². The molecule has 0 bridgehead atoms. The van der Waals surface area contributed by atoms with Gasteiger partial charge in [0.1, 0.15) is 0 Å². The fourth-order valence-corrected chi connectivity index (χ4v) is 2.74. The van der Waals surface area contributed by atoms with Crippen LogP contribution in [0.3, 0.4) is 0 Å². The van der Waals surface area contributed by atoms with E-state index in [9.17, 15) is 0 Å². The van der Waals surface area contributed by atoms with Gasteiger partial charge in [0.15, 0.2) is 0 Å². The maximum atomic E-state index is 5.95. The highest BCUT2D eigenvalue weighted by Crippen LogP contribution is 2.31. The maximum Gasteiger partial charge on any atom is 0.0457 e. The number of nitrogens with two attached hydrogens (primary N) is 1. The summed E-state index contributed by atoms with van der Waals surface area (Å²) in [5, 5.41) is 4.72. The summed E-state index contributed by atoms with van der Waals surface area (Å²) in [6, 6.07) is 8.71. The van der Waals surface area contributed by atoms with E-state index < -0.39 is 0 Å². The number of aromatic nitrogens is 1. The van der Waals surface area contributed by atoms with Gasteiger partial charge >= 0.3 is 0 Å². The summed E-state index contributed by atoms with van der Waals surface area (Å²) in [6.07, 6.45) is 2.11. The average molecular weight is 245 g/mol. The van der Waals surface area contributed by atoms with Crippen molar-refractivity contribution in [1.82, 2.24) is 10.3 Å². The Morgan fingerprint density at radius 2 is 2.00 bits per heavy atom. The van der Waals surface area contributed by atoms with E-state index in [1.807, 2.05) is 7.05 Å². The lowest BCUT2D eigenvalue weighted by atomic mass is 9.84. The summed E-state index contributed by atoms with van der Waals surface area (Å²) in [7, 11) is 2.01. The molecule has 2 unspecified atom stereocenters. The number of H-pyrrole nitrogens is 1. The van der Waals surface area contributed by atoms with E-state index in [1.165, 1.54) is 16.5 Å². The molecule has 2 rings (SSSR count). The molecule has 0 fully saturated rings. The first-order valence-electron chi connectivity index (χ1n) is 6.62. The number of nitrogens with one attached hydrogen (secondary N) is 2. The third-order valence-electron chi connectivity index (χ3n) is 3.82. The fraction of sp³-hybridized carbons (Fsp3) is 0.467. The Bertz CT molecular complexity index is 501. The highest BCUT2D eigenvalue weighted by atomic mass is 14.9. The number of aromatic amines is 1. The molecule has 0 saturated carbocycles. The molecule has 3 heteroatoms. The second kappa shape index (κ2) is 5.55. The van der Waals surface area contributed by atoms with E-state index in [0.29, 0.717) is 24.4 Å². The summed E-state index contributed by atoms with van der Waals surface area (Å²) < 4.78 is 0. The average Bonchev–Trinajstić information content (AvgIpc) is 2.79. The zero-order chi connectivity index (χ0) is 13.1. The van der Waals surface area contributed by atoms with Crippen LogP contribution < -0.4 is 11.1 Å². The number of rotatable bonds is 5. The molecule has 0 aliphatic rings. The fourth-order valence-electron chi connectivity index (χ4n) is 2.74. The summed E-state index contributed by atoms with van der Waals surface area (Å²) in [5.74, 6) is 0.996. The Labute approximate surface area is 109 Å². The Morgan fingerprint density at radius 3 is 2.61 bits per heavy atom. The zero-order valence-electron chi connectivity index (χ0n) is 11.4. The second-order valence-electron chi connectivity index (χ2n) is 5.20. The summed E-state index contributed by atoms with van der Waals surface area (Å²) in [5.41, 5.74) is 8.45. The van der Waals surface area contributed by atoms with Crippen molar-refractivity contribution in [2.75, 3.05) is 13.6 Å². The van der Waals surface area contributed by atoms with Crippen LogP contribution >= 0.6 is 0 Å². The topological polar surface area (TPSA) is 53.8 Å². The van der Waals surface area contributed by atoms with Gasteiger partial charge in [0.05, 0.1) is 0 Å². The van der Waals surface area contributed by atoms with Crippen LogP contribution in [-0.2, 0) is 0 Å². The zero-order valence-corrected chi connectivity index (χ0v) is 11.4. The molecule has 0 aliphatic carbocycles. The normalized spacial score (nSPS) is 15.2. The van der Waals surface area contributed by atoms with Gasteiger partial charge in [-0.25, -0.2) is 0 Å². The predicted octanol–water partition coefficient (Wildman–Crippen LogP) is 2.66. The first kappa shape index (κ1) is 13.1. The van der Waals surface area contributed by atoms with Gasteiger partial charge in [-0.2, -0.15) is 0 Å². The molecule has 2 atom stereocenters. The molecular formula is C15H23N3. The van der Waals surface area contributed by atoms with E-state index in [1.54, 1.807) is 0 Å². The third-order valence-corrected chi connectivity index (χ3v) is 3.82. The molecular weight excluding hydrogens is 222 g/mol. The second-order valence-corrected chi connectivity index (χ2v) is 5.20. The van der Waals surface area contributed by atoms with Gasteiger partial charge in [0.2, 0.25) is 0 Å². The van der Waals surface area contributed by atoms with Gasteiger partial charge in [0, 0.05) is 23.1 Å². The van der Waals surface area contributed by atoms with E-state index >= 15 is 0 Å². The van der Waals surface area contributed by atoms with Gasteiger partial charge in [0.25, 0.3) is 0 Å². The minimum atomic E-state index is 0.297. The van der Waals surface area contributed by atoms with Crippen LogP contribution in [0.4, 0.5) is 0 Å². The van der Waals surface area contributed by atoms with E-state index in [2.05, 4.69) is 54.6 Å². The monoisotopic (exact) mass is 245 g/mol. The van der Waals surface area contributed by atoms with Crippen molar-refractivity contribution in [1.29, 1.82) is 0 Å². The van der Waals surface area contributed by atoms with Crippen LogP contribution in [0, 0.1) is 11.8 Å². The first-order valence-corrected chi connectivity index (χ1v) is 6.62. The van der Waals surface area contributed by atoms with Crippen LogP contribution in [-0.4, -0.2) is 18.6 Å². The van der Waals surface area contributed by atoms with Crippen LogP contribution in [0.5, 0.6) is 0 Å². The molecule has 18 heavy (non-hydrogen) atoms. The van der Waals surface area contributed by atoms with Crippen LogP contribution in [0.15, 0.2) is 30.5 Å². The molecule has 2 aromatic rings. The third kappa shape index (κ3) is 2.28. The Kier molecular flexibility index (Phi) is 4.04. The highest BCUT2D eigenvalue weighted by molar-refractivity contribution is 5.83. The van der Waals surface area contributed by atoms with E-state index in [0.717, 1.165) is 0 Å². The molecule has 1 aromatic heterocycles. The van der Waals surface area contributed by atoms with Gasteiger partial charge < -0.3 is 16.0 Å². The van der Waals surface area contributed by atoms with E-state index in [-0.39, 0.29) is 0 Å². The number of benzene rings is 1. The molecule has 0 aliphatic heterocycles. The van der Waals surface area contributed by atoms with Crippen molar-refractivity contribution in [2.45, 2.75) is 19.9 Å². The molecule has 0 radical (unpaired) electrons. The van der Waals surface area contributed by atoms with Crippen LogP contribution in [0.1, 0.15) is 25.5 Å². The minimum Gasteiger partial charge on any atom is -0.361 e. The van der Waals surface area contributed by atoms with Gasteiger partial charge in [-0.1, -0.05) is 32.0 Å². The van der Waals surface area contributed by atoms with Crippen molar-refractivity contribution < 1.29 is 0 Å². The lowest BCUT2D eigenvalue weighted by Gasteiger charge is -2.28. The highest BCUT2D eigenvalue weighted by Gasteiger charge is 2.25. The molecule has 0 spiro atoms. The molecule has 98 valence electrons. The number of para-hydroxylation sites is 1. The molecule has 1 heterocycles. The van der Waals surface area contributed by atoms with E-state index in [4.69, 9.17) is 5.73 Å². The van der Waals surface area contributed by atoms with Crippen molar-refractivity contribution in [2.24, 2.45) is 17.6 Å². The summed E-state index contributed by atoms with van der Waals surface area (Å²) in [6.45, 7) is 5.16. The number of hydrogen-bond acceptors (Lipinski definition) is 2. The first-order chi connectivity index (χ1) is 8.69.